The molecule has 0 aliphatic rings. The third-order valence-electron chi connectivity index (χ3n) is 2.35. The van der Waals surface area contributed by atoms with Crippen molar-refractivity contribution in [2.75, 3.05) is 6.54 Å². The first-order valence-electron chi connectivity index (χ1n) is 6.27. The minimum Gasteiger partial charge on any atom is -0.508 e. The van der Waals surface area contributed by atoms with E-state index in [4.69, 9.17) is 11.6 Å². The second kappa shape index (κ2) is 6.61. The van der Waals surface area contributed by atoms with Crippen LogP contribution in [0.3, 0.4) is 0 Å². The summed E-state index contributed by atoms with van der Waals surface area (Å²) < 4.78 is 0. The molecule has 0 heterocycles. The van der Waals surface area contributed by atoms with E-state index in [2.05, 4.69) is 10.6 Å². The van der Waals surface area contributed by atoms with Crippen LogP contribution in [0.15, 0.2) is 18.2 Å². The van der Waals surface area contributed by atoms with E-state index in [1.54, 1.807) is 0 Å². The highest BCUT2D eigenvalue weighted by Crippen LogP contribution is 2.20. The topological polar surface area (TPSA) is 78.4 Å². The molecule has 2 amide bonds. The molecule has 0 aliphatic heterocycles. The number of hydrogen-bond acceptors (Lipinski definition) is 3. The van der Waals surface area contributed by atoms with Gasteiger partial charge < -0.3 is 15.7 Å². The van der Waals surface area contributed by atoms with Crippen molar-refractivity contribution in [2.45, 2.75) is 32.7 Å². The Kier molecular flexibility index (Phi) is 5.39. The van der Waals surface area contributed by atoms with Crippen LogP contribution in [0.4, 0.5) is 0 Å². The number of halogens is 1. The predicted octanol–water partition coefficient (Wildman–Crippen LogP) is 2.08. The van der Waals surface area contributed by atoms with Gasteiger partial charge in [0.15, 0.2) is 0 Å². The van der Waals surface area contributed by atoms with Crippen molar-refractivity contribution in [3.05, 3.63) is 28.8 Å². The number of aromatic hydroxyl groups is 1. The molecule has 110 valence electrons. The monoisotopic (exact) mass is 298 g/mol. The van der Waals surface area contributed by atoms with Crippen LogP contribution in [0.1, 0.15) is 37.6 Å². The van der Waals surface area contributed by atoms with Crippen LogP contribution in [0.25, 0.3) is 0 Å². The molecule has 0 atom stereocenters. The zero-order chi connectivity index (χ0) is 15.3. The lowest BCUT2D eigenvalue weighted by Crippen LogP contribution is -2.42. The highest BCUT2D eigenvalue weighted by atomic mass is 35.5. The fourth-order valence-corrected chi connectivity index (χ4v) is 1.76. The molecule has 0 saturated heterocycles. The van der Waals surface area contributed by atoms with Crippen molar-refractivity contribution >= 4 is 23.4 Å². The van der Waals surface area contributed by atoms with Gasteiger partial charge in [-0.25, -0.2) is 0 Å². The zero-order valence-corrected chi connectivity index (χ0v) is 12.5. The highest BCUT2D eigenvalue weighted by molar-refractivity contribution is 6.33. The second-order valence-corrected chi connectivity index (χ2v) is 5.88. The third-order valence-corrected chi connectivity index (χ3v) is 2.68. The minimum absolute atomic E-state index is 0.0370. The van der Waals surface area contributed by atoms with Gasteiger partial charge in [-0.3, -0.25) is 9.59 Å². The summed E-state index contributed by atoms with van der Waals surface area (Å²) in [7, 11) is 0. The summed E-state index contributed by atoms with van der Waals surface area (Å²) in [5.74, 6) is -0.598. The molecular formula is C14H19ClN2O3. The second-order valence-electron chi connectivity index (χ2n) is 5.47. The lowest BCUT2D eigenvalue weighted by Gasteiger charge is -2.20. The van der Waals surface area contributed by atoms with Crippen LogP contribution in [-0.4, -0.2) is 29.0 Å². The van der Waals surface area contributed by atoms with E-state index in [9.17, 15) is 14.7 Å². The van der Waals surface area contributed by atoms with Gasteiger partial charge in [0.25, 0.3) is 5.91 Å². The number of hydrogen-bond donors (Lipinski definition) is 3. The molecule has 5 nitrogen and oxygen atoms in total. The molecule has 0 unspecified atom stereocenters. The summed E-state index contributed by atoms with van der Waals surface area (Å²) in [5.41, 5.74) is -0.113. The Hall–Kier alpha value is -1.75. The van der Waals surface area contributed by atoms with E-state index >= 15 is 0 Å². The van der Waals surface area contributed by atoms with Crippen LogP contribution in [0.2, 0.25) is 5.02 Å². The van der Waals surface area contributed by atoms with E-state index < -0.39 is 5.91 Å². The number of benzene rings is 1. The largest absolute Gasteiger partial charge is 0.508 e. The van der Waals surface area contributed by atoms with Gasteiger partial charge >= 0.3 is 0 Å². The lowest BCUT2D eigenvalue weighted by atomic mass is 10.1. The van der Waals surface area contributed by atoms with Crippen molar-refractivity contribution in [3.63, 3.8) is 0 Å². The molecule has 0 bridgehead atoms. The molecule has 1 rings (SSSR count). The molecule has 0 aromatic heterocycles. The standard InChI is InChI=1S/C14H19ClN2O3/c1-14(2,3)17-12(19)6-7-16-13(20)10-8-9(18)4-5-11(10)15/h4-5,8,18H,6-7H2,1-3H3,(H,16,20)(H,17,19). The molecular weight excluding hydrogens is 280 g/mol. The molecule has 0 radical (unpaired) electrons. The van der Waals surface area contributed by atoms with Crippen molar-refractivity contribution < 1.29 is 14.7 Å². The predicted molar refractivity (Wildman–Crippen MR) is 78.0 cm³/mol. The summed E-state index contributed by atoms with van der Waals surface area (Å²) in [6.45, 7) is 5.86. The van der Waals surface area contributed by atoms with E-state index in [0.29, 0.717) is 0 Å². The number of carbonyl (C=O) groups excluding carboxylic acids is 2. The molecule has 3 N–H and O–H groups in total. The molecule has 1 aromatic rings. The van der Waals surface area contributed by atoms with Gasteiger partial charge in [-0.2, -0.15) is 0 Å². The van der Waals surface area contributed by atoms with E-state index in [1.165, 1.54) is 18.2 Å². The fourth-order valence-electron chi connectivity index (χ4n) is 1.55. The minimum atomic E-state index is -0.422. The van der Waals surface area contributed by atoms with Crippen molar-refractivity contribution in [2.24, 2.45) is 0 Å². The number of phenolic OH excluding ortho intramolecular Hbond substituents is 1. The van der Waals surface area contributed by atoms with Crippen LogP contribution in [0, 0.1) is 0 Å². The average Bonchev–Trinajstić information content (AvgIpc) is 2.29. The normalized spacial score (nSPS) is 11.0. The summed E-state index contributed by atoms with van der Waals surface area (Å²) in [4.78, 5) is 23.4. The quantitative estimate of drug-likeness (QED) is 0.796. The van der Waals surface area contributed by atoms with Gasteiger partial charge in [-0.05, 0) is 39.0 Å². The Morgan fingerprint density at radius 1 is 1.30 bits per heavy atom. The molecule has 6 heteroatoms. The summed E-state index contributed by atoms with van der Waals surface area (Å²) >= 11 is 5.87. The highest BCUT2D eigenvalue weighted by Gasteiger charge is 2.14. The fraction of sp³-hybridized carbons (Fsp3) is 0.429. The number of amides is 2. The first kappa shape index (κ1) is 16.3. The smallest absolute Gasteiger partial charge is 0.252 e. The summed E-state index contributed by atoms with van der Waals surface area (Å²) in [5, 5.41) is 15.0. The molecule has 1 aromatic carbocycles. The van der Waals surface area contributed by atoms with Gasteiger partial charge in [0.2, 0.25) is 5.91 Å². The Morgan fingerprint density at radius 2 is 1.95 bits per heavy atom. The number of nitrogens with one attached hydrogen (secondary N) is 2. The maximum Gasteiger partial charge on any atom is 0.252 e. The first-order valence-corrected chi connectivity index (χ1v) is 6.64. The Balaban J connectivity index is 2.48. The Labute approximate surface area is 123 Å². The van der Waals surface area contributed by atoms with Crippen molar-refractivity contribution in [1.29, 1.82) is 0 Å². The molecule has 0 saturated carbocycles. The van der Waals surface area contributed by atoms with Gasteiger partial charge in [0.1, 0.15) is 5.75 Å². The molecule has 20 heavy (non-hydrogen) atoms. The van der Waals surface area contributed by atoms with Crippen molar-refractivity contribution in [3.8, 4) is 5.75 Å². The van der Waals surface area contributed by atoms with Crippen molar-refractivity contribution in [1.82, 2.24) is 10.6 Å². The van der Waals surface area contributed by atoms with E-state index in [-0.39, 0.29) is 40.7 Å². The summed E-state index contributed by atoms with van der Waals surface area (Å²) in [6, 6.07) is 4.13. The maximum absolute atomic E-state index is 11.8. The van der Waals surface area contributed by atoms with E-state index in [0.717, 1.165) is 0 Å². The van der Waals surface area contributed by atoms with Gasteiger partial charge in [-0.1, -0.05) is 11.6 Å². The number of phenols is 1. The Morgan fingerprint density at radius 3 is 2.55 bits per heavy atom. The van der Waals surface area contributed by atoms with Gasteiger partial charge in [0.05, 0.1) is 10.6 Å². The summed E-state index contributed by atoms with van der Waals surface area (Å²) in [6.07, 6.45) is 0.180. The molecule has 0 fully saturated rings. The average molecular weight is 299 g/mol. The molecule has 0 aliphatic carbocycles. The van der Waals surface area contributed by atoms with Gasteiger partial charge in [-0.15, -0.1) is 0 Å². The van der Waals surface area contributed by atoms with Crippen LogP contribution in [-0.2, 0) is 4.79 Å². The van der Waals surface area contributed by atoms with E-state index in [1.807, 2.05) is 20.8 Å². The number of rotatable bonds is 4. The maximum atomic E-state index is 11.8. The first-order chi connectivity index (χ1) is 9.19. The zero-order valence-electron chi connectivity index (χ0n) is 11.8. The van der Waals surface area contributed by atoms with Crippen LogP contribution >= 0.6 is 11.6 Å². The molecule has 0 spiro atoms. The SMILES string of the molecule is CC(C)(C)NC(=O)CCNC(=O)c1cc(O)ccc1Cl. The van der Waals surface area contributed by atoms with Gasteiger partial charge in [0, 0.05) is 18.5 Å². The number of carbonyl (C=O) groups is 2. The van der Waals surface area contributed by atoms with Crippen LogP contribution < -0.4 is 10.6 Å². The lowest BCUT2D eigenvalue weighted by molar-refractivity contribution is -0.122. The third kappa shape index (κ3) is 5.48. The Bertz CT molecular complexity index is 510. The van der Waals surface area contributed by atoms with Crippen LogP contribution in [0.5, 0.6) is 5.75 Å².